The normalized spacial score (nSPS) is 22.2. The lowest BCUT2D eigenvalue weighted by atomic mass is 10.0. The minimum Gasteiger partial charge on any atom is -0.386 e. The van der Waals surface area contributed by atoms with Crippen LogP contribution in [-0.4, -0.2) is 31.2 Å². The fourth-order valence-electron chi connectivity index (χ4n) is 1.29. The number of halogens is 3. The lowest BCUT2D eigenvalue weighted by Crippen LogP contribution is -2.38. The molecule has 1 aliphatic rings. The smallest absolute Gasteiger partial charge is 0.386 e. The van der Waals surface area contributed by atoms with E-state index in [1.807, 2.05) is 0 Å². The van der Waals surface area contributed by atoms with Crippen LogP contribution in [0.3, 0.4) is 0 Å². The van der Waals surface area contributed by atoms with Gasteiger partial charge >= 0.3 is 18.1 Å². The molecule has 0 saturated carbocycles. The van der Waals surface area contributed by atoms with E-state index in [0.29, 0.717) is 12.8 Å². The van der Waals surface area contributed by atoms with Gasteiger partial charge in [-0.3, -0.25) is 4.79 Å². The third-order valence-electron chi connectivity index (χ3n) is 2.05. The summed E-state index contributed by atoms with van der Waals surface area (Å²) in [4.78, 5) is 21.4. The van der Waals surface area contributed by atoms with E-state index in [-0.39, 0.29) is 6.54 Å². The first-order chi connectivity index (χ1) is 6.91. The molecule has 0 aromatic carbocycles. The highest BCUT2D eigenvalue weighted by Gasteiger charge is 2.43. The Morgan fingerprint density at radius 3 is 2.47 bits per heavy atom. The third-order valence-corrected chi connectivity index (χ3v) is 2.05. The summed E-state index contributed by atoms with van der Waals surface area (Å²) >= 11 is 0. The molecule has 86 valence electrons. The number of nitrogens with one attached hydrogen (secondary N) is 1. The molecule has 0 spiro atoms. The minimum absolute atomic E-state index is 0.254. The van der Waals surface area contributed by atoms with Crippen molar-refractivity contribution in [3.63, 3.8) is 0 Å². The maximum absolute atomic E-state index is 11.7. The molecule has 1 rings (SSSR count). The van der Waals surface area contributed by atoms with Crippen LogP contribution in [0.2, 0.25) is 0 Å². The molecule has 1 aliphatic heterocycles. The average molecular weight is 225 g/mol. The highest BCUT2D eigenvalue weighted by Crippen LogP contribution is 2.19. The van der Waals surface area contributed by atoms with Gasteiger partial charge in [0.1, 0.15) is 0 Å². The van der Waals surface area contributed by atoms with Gasteiger partial charge in [-0.2, -0.15) is 13.2 Å². The standard InChI is InChI=1S/C8H10F3NO3/c9-8(10,11)7(14)15-6(13)5-2-1-3-12-4-5/h5,12H,1-4H2. The summed E-state index contributed by atoms with van der Waals surface area (Å²) in [5, 5.41) is 2.83. The van der Waals surface area contributed by atoms with Crippen LogP contribution in [0, 0.1) is 5.92 Å². The van der Waals surface area contributed by atoms with Gasteiger partial charge in [-0.25, -0.2) is 4.79 Å². The molecule has 7 heteroatoms. The highest BCUT2D eigenvalue weighted by molar-refractivity contribution is 5.89. The molecule has 0 amide bonds. The predicted octanol–water partition coefficient (Wildman–Crippen LogP) is 0.618. The minimum atomic E-state index is -5.11. The van der Waals surface area contributed by atoms with Crippen LogP contribution in [0.25, 0.3) is 0 Å². The molecule has 15 heavy (non-hydrogen) atoms. The fraction of sp³-hybridized carbons (Fsp3) is 0.750. The van der Waals surface area contributed by atoms with E-state index in [1.54, 1.807) is 0 Å². The Bertz CT molecular complexity index is 258. The number of carbonyl (C=O) groups excluding carboxylic acids is 2. The molecular weight excluding hydrogens is 215 g/mol. The molecule has 1 unspecified atom stereocenters. The molecule has 1 fully saturated rings. The second kappa shape index (κ2) is 4.61. The Morgan fingerprint density at radius 1 is 1.33 bits per heavy atom. The Labute approximate surface area is 83.8 Å². The number of hydrogen-bond acceptors (Lipinski definition) is 4. The zero-order chi connectivity index (χ0) is 11.5. The average Bonchev–Trinajstić information content (AvgIpc) is 2.17. The van der Waals surface area contributed by atoms with Gasteiger partial charge in [0.05, 0.1) is 5.92 Å². The summed E-state index contributed by atoms with van der Waals surface area (Å²) in [6.45, 7) is 0.973. The number of esters is 2. The second-order valence-electron chi connectivity index (χ2n) is 3.25. The van der Waals surface area contributed by atoms with E-state index in [4.69, 9.17) is 0 Å². The van der Waals surface area contributed by atoms with E-state index in [9.17, 15) is 22.8 Å². The summed E-state index contributed by atoms with van der Waals surface area (Å²) in [7, 11) is 0. The molecule has 0 radical (unpaired) electrons. The molecule has 0 aromatic heterocycles. The Morgan fingerprint density at radius 2 is 2.00 bits per heavy atom. The lowest BCUT2D eigenvalue weighted by Gasteiger charge is -2.20. The summed E-state index contributed by atoms with van der Waals surface area (Å²) in [6, 6.07) is 0. The van der Waals surface area contributed by atoms with Crippen molar-refractivity contribution in [3.8, 4) is 0 Å². The van der Waals surface area contributed by atoms with E-state index in [2.05, 4.69) is 10.1 Å². The van der Waals surface area contributed by atoms with Crippen molar-refractivity contribution in [2.75, 3.05) is 13.1 Å². The van der Waals surface area contributed by atoms with E-state index >= 15 is 0 Å². The number of hydrogen-bond donors (Lipinski definition) is 1. The van der Waals surface area contributed by atoms with Crippen LogP contribution >= 0.6 is 0 Å². The van der Waals surface area contributed by atoms with Gasteiger partial charge in [0.25, 0.3) is 0 Å². The van der Waals surface area contributed by atoms with Crippen LogP contribution in [0.5, 0.6) is 0 Å². The zero-order valence-electron chi connectivity index (χ0n) is 7.76. The van der Waals surface area contributed by atoms with Crippen LogP contribution in [0.4, 0.5) is 13.2 Å². The topological polar surface area (TPSA) is 55.4 Å². The monoisotopic (exact) mass is 225 g/mol. The van der Waals surface area contributed by atoms with Gasteiger partial charge in [0.2, 0.25) is 0 Å². The first kappa shape index (κ1) is 12.0. The molecule has 4 nitrogen and oxygen atoms in total. The summed E-state index contributed by atoms with van der Waals surface area (Å²) < 4.78 is 38.9. The van der Waals surface area contributed by atoms with Crippen LogP contribution in [0.15, 0.2) is 0 Å². The molecule has 0 aromatic rings. The van der Waals surface area contributed by atoms with Crippen molar-refractivity contribution in [3.05, 3.63) is 0 Å². The maximum Gasteiger partial charge on any atom is 0.491 e. The predicted molar refractivity (Wildman–Crippen MR) is 42.7 cm³/mol. The molecule has 1 heterocycles. The quantitative estimate of drug-likeness (QED) is 0.525. The third kappa shape index (κ3) is 3.50. The van der Waals surface area contributed by atoms with E-state index in [0.717, 1.165) is 6.54 Å². The summed E-state index contributed by atoms with van der Waals surface area (Å²) in [6.07, 6.45) is -3.99. The second-order valence-corrected chi connectivity index (χ2v) is 3.25. The first-order valence-corrected chi connectivity index (χ1v) is 4.45. The van der Waals surface area contributed by atoms with Gasteiger partial charge in [-0.15, -0.1) is 0 Å². The number of carbonyl (C=O) groups is 2. The number of rotatable bonds is 1. The maximum atomic E-state index is 11.7. The first-order valence-electron chi connectivity index (χ1n) is 4.45. The van der Waals surface area contributed by atoms with Gasteiger partial charge in [0.15, 0.2) is 0 Å². The Hall–Kier alpha value is -1.11. The van der Waals surface area contributed by atoms with Crippen molar-refractivity contribution in [1.82, 2.24) is 5.32 Å². The van der Waals surface area contributed by atoms with Crippen molar-refractivity contribution < 1.29 is 27.5 Å². The molecular formula is C8H10F3NO3. The molecule has 1 atom stereocenters. The van der Waals surface area contributed by atoms with Gasteiger partial charge in [-0.1, -0.05) is 0 Å². The lowest BCUT2D eigenvalue weighted by molar-refractivity contribution is -0.203. The van der Waals surface area contributed by atoms with Gasteiger partial charge < -0.3 is 10.1 Å². The Balaban J connectivity index is 2.44. The van der Waals surface area contributed by atoms with Crippen LogP contribution < -0.4 is 5.32 Å². The summed E-state index contributed by atoms with van der Waals surface area (Å²) in [5.74, 6) is -4.22. The SMILES string of the molecule is O=C(OC(=O)C(F)(F)F)C1CCCNC1. The molecule has 0 aliphatic carbocycles. The van der Waals surface area contributed by atoms with E-state index in [1.165, 1.54) is 0 Å². The van der Waals surface area contributed by atoms with Gasteiger partial charge in [-0.05, 0) is 19.4 Å². The van der Waals surface area contributed by atoms with Crippen molar-refractivity contribution in [2.45, 2.75) is 19.0 Å². The number of ether oxygens (including phenoxy) is 1. The van der Waals surface area contributed by atoms with Crippen molar-refractivity contribution >= 4 is 11.9 Å². The zero-order valence-corrected chi connectivity index (χ0v) is 7.76. The highest BCUT2D eigenvalue weighted by atomic mass is 19.4. The number of piperidine rings is 1. The fourth-order valence-corrected chi connectivity index (χ4v) is 1.29. The van der Waals surface area contributed by atoms with Crippen molar-refractivity contribution in [2.24, 2.45) is 5.92 Å². The Kier molecular flexibility index (Phi) is 3.67. The molecule has 1 N–H and O–H groups in total. The number of alkyl halides is 3. The van der Waals surface area contributed by atoms with Crippen molar-refractivity contribution in [1.29, 1.82) is 0 Å². The summed E-state index contributed by atoms with van der Waals surface area (Å²) in [5.41, 5.74) is 0. The molecule has 1 saturated heterocycles. The van der Waals surface area contributed by atoms with Crippen LogP contribution in [-0.2, 0) is 14.3 Å². The largest absolute Gasteiger partial charge is 0.491 e. The van der Waals surface area contributed by atoms with E-state index < -0.39 is 24.0 Å². The van der Waals surface area contributed by atoms with Gasteiger partial charge in [0, 0.05) is 6.54 Å². The van der Waals surface area contributed by atoms with Crippen LogP contribution in [0.1, 0.15) is 12.8 Å². The molecule has 0 bridgehead atoms.